The van der Waals surface area contributed by atoms with E-state index in [1.807, 2.05) is 0 Å². The summed E-state index contributed by atoms with van der Waals surface area (Å²) >= 11 is 1.27. The number of phenolic OH excluding ortho intramolecular Hbond substituents is 2. The number of benzene rings is 2. The Balaban J connectivity index is 1.68. The van der Waals surface area contributed by atoms with Crippen LogP contribution in [0.4, 0.5) is 0 Å². The molecule has 0 aliphatic heterocycles. The van der Waals surface area contributed by atoms with Gasteiger partial charge in [-0.15, -0.1) is 11.3 Å². The van der Waals surface area contributed by atoms with Gasteiger partial charge in [0.05, 0.1) is 13.3 Å². The van der Waals surface area contributed by atoms with Gasteiger partial charge in [0.25, 0.3) is 5.91 Å². The summed E-state index contributed by atoms with van der Waals surface area (Å²) in [6.07, 6.45) is 1.37. The quantitative estimate of drug-likeness (QED) is 0.248. The van der Waals surface area contributed by atoms with E-state index in [9.17, 15) is 19.8 Å². The third kappa shape index (κ3) is 5.11. The Morgan fingerprint density at radius 3 is 2.48 bits per heavy atom. The van der Waals surface area contributed by atoms with E-state index in [0.29, 0.717) is 16.2 Å². The molecule has 1 heterocycles. The Bertz CT molecular complexity index is 1040. The highest BCUT2D eigenvalue weighted by molar-refractivity contribution is 7.12. The summed E-state index contributed by atoms with van der Waals surface area (Å²) in [5, 5.41) is 24.5. The fourth-order valence-corrected chi connectivity index (χ4v) is 2.95. The first-order valence-corrected chi connectivity index (χ1v) is 9.14. The monoisotopic (exact) mass is 412 g/mol. The maximum Gasteiger partial charge on any atom is 0.353 e. The summed E-state index contributed by atoms with van der Waals surface area (Å²) in [7, 11) is 1.44. The van der Waals surface area contributed by atoms with Gasteiger partial charge >= 0.3 is 5.97 Å². The number of amides is 1. The summed E-state index contributed by atoms with van der Waals surface area (Å²) in [5.74, 6) is -0.999. The SMILES string of the molecule is COc1cc(C=NNC(=O)c2cc(O)cc(O)c2)ccc1OC(=O)c1cccs1. The second kappa shape index (κ2) is 8.89. The molecule has 3 aromatic rings. The molecule has 3 rings (SSSR count). The first kappa shape index (κ1) is 19.9. The summed E-state index contributed by atoms with van der Waals surface area (Å²) in [5.41, 5.74) is 2.92. The van der Waals surface area contributed by atoms with Gasteiger partial charge in [-0.25, -0.2) is 10.2 Å². The van der Waals surface area contributed by atoms with Gasteiger partial charge in [-0.05, 0) is 47.3 Å². The van der Waals surface area contributed by atoms with Gasteiger partial charge in [0, 0.05) is 11.6 Å². The number of esters is 1. The lowest BCUT2D eigenvalue weighted by Gasteiger charge is -2.09. The van der Waals surface area contributed by atoms with Crippen LogP contribution < -0.4 is 14.9 Å². The number of hydrazone groups is 1. The minimum absolute atomic E-state index is 0.0491. The molecule has 0 aliphatic carbocycles. The molecule has 0 bridgehead atoms. The topological polar surface area (TPSA) is 117 Å². The van der Waals surface area contributed by atoms with Crippen LogP contribution in [0.15, 0.2) is 59.0 Å². The summed E-state index contributed by atoms with van der Waals surface area (Å²) in [6.45, 7) is 0. The molecule has 3 N–H and O–H groups in total. The molecule has 0 atom stereocenters. The molecule has 8 nitrogen and oxygen atoms in total. The number of phenols is 2. The number of ether oxygens (including phenoxy) is 2. The summed E-state index contributed by atoms with van der Waals surface area (Å²) < 4.78 is 10.6. The zero-order valence-corrected chi connectivity index (χ0v) is 16.0. The van der Waals surface area contributed by atoms with Crippen molar-refractivity contribution < 1.29 is 29.3 Å². The Hall–Kier alpha value is -3.85. The van der Waals surface area contributed by atoms with Crippen molar-refractivity contribution in [3.63, 3.8) is 0 Å². The molecule has 0 saturated heterocycles. The van der Waals surface area contributed by atoms with Gasteiger partial charge in [-0.1, -0.05) is 6.07 Å². The van der Waals surface area contributed by atoms with E-state index in [4.69, 9.17) is 9.47 Å². The van der Waals surface area contributed by atoms with Crippen LogP contribution in [0.25, 0.3) is 0 Å². The molecule has 0 unspecified atom stereocenters. The molecule has 148 valence electrons. The molecular formula is C20H16N2O6S. The molecule has 2 aromatic carbocycles. The normalized spacial score (nSPS) is 10.7. The number of aromatic hydroxyl groups is 2. The van der Waals surface area contributed by atoms with E-state index in [2.05, 4.69) is 10.5 Å². The predicted molar refractivity (Wildman–Crippen MR) is 107 cm³/mol. The highest BCUT2D eigenvalue weighted by atomic mass is 32.1. The number of hydrogen-bond donors (Lipinski definition) is 3. The van der Waals surface area contributed by atoms with Crippen LogP contribution in [0, 0.1) is 0 Å². The molecule has 0 spiro atoms. The van der Waals surface area contributed by atoms with Crippen molar-refractivity contribution in [2.45, 2.75) is 0 Å². The van der Waals surface area contributed by atoms with Crippen molar-refractivity contribution in [3.8, 4) is 23.0 Å². The number of methoxy groups -OCH3 is 1. The van der Waals surface area contributed by atoms with Crippen LogP contribution in [-0.4, -0.2) is 35.4 Å². The largest absolute Gasteiger partial charge is 0.508 e. The zero-order chi connectivity index (χ0) is 20.8. The summed E-state index contributed by atoms with van der Waals surface area (Å²) in [4.78, 5) is 24.6. The second-order valence-electron chi connectivity index (χ2n) is 5.71. The molecule has 29 heavy (non-hydrogen) atoms. The van der Waals surface area contributed by atoms with E-state index in [1.165, 1.54) is 36.8 Å². The van der Waals surface area contributed by atoms with Gasteiger partial charge in [-0.3, -0.25) is 4.79 Å². The molecular weight excluding hydrogens is 396 g/mol. The number of carbonyl (C=O) groups excluding carboxylic acids is 2. The van der Waals surface area contributed by atoms with Gasteiger partial charge in [0.1, 0.15) is 16.4 Å². The van der Waals surface area contributed by atoms with E-state index < -0.39 is 11.9 Å². The van der Waals surface area contributed by atoms with Crippen LogP contribution in [0.2, 0.25) is 0 Å². The lowest BCUT2D eigenvalue weighted by Crippen LogP contribution is -2.17. The smallest absolute Gasteiger partial charge is 0.353 e. The molecule has 1 aromatic heterocycles. The minimum atomic E-state index is -0.610. The standard InChI is InChI=1S/C20H16N2O6S/c1-27-17-7-12(4-5-16(17)28-20(26)18-3-2-6-29-18)11-21-22-19(25)13-8-14(23)10-15(24)9-13/h2-11,23-24H,1H3,(H,22,25). The Kier molecular flexibility index (Phi) is 6.10. The van der Waals surface area contributed by atoms with Crippen molar-refractivity contribution in [2.75, 3.05) is 7.11 Å². The summed E-state index contributed by atoms with van der Waals surface area (Å²) in [6, 6.07) is 11.7. The van der Waals surface area contributed by atoms with Gasteiger partial charge in [0.15, 0.2) is 11.5 Å². The fourth-order valence-electron chi connectivity index (χ4n) is 2.35. The fraction of sp³-hybridized carbons (Fsp3) is 0.0500. The molecule has 0 fully saturated rings. The maximum atomic E-state index is 12.1. The van der Waals surface area contributed by atoms with Crippen LogP contribution >= 0.6 is 11.3 Å². The van der Waals surface area contributed by atoms with Crippen LogP contribution in [0.3, 0.4) is 0 Å². The predicted octanol–water partition coefficient (Wildman–Crippen LogP) is 3.15. The maximum absolute atomic E-state index is 12.1. The average molecular weight is 412 g/mol. The Morgan fingerprint density at radius 2 is 1.83 bits per heavy atom. The zero-order valence-electron chi connectivity index (χ0n) is 15.2. The third-order valence-electron chi connectivity index (χ3n) is 3.66. The number of nitrogens with zero attached hydrogens (tertiary/aromatic N) is 1. The van der Waals surface area contributed by atoms with Crippen LogP contribution in [0.1, 0.15) is 25.6 Å². The van der Waals surface area contributed by atoms with Crippen LogP contribution in [-0.2, 0) is 0 Å². The number of rotatable bonds is 6. The number of hydrogen-bond acceptors (Lipinski definition) is 8. The number of nitrogens with one attached hydrogen (secondary N) is 1. The van der Waals surface area contributed by atoms with E-state index >= 15 is 0 Å². The van der Waals surface area contributed by atoms with E-state index in [0.717, 1.165) is 6.07 Å². The Labute approximate surface area is 169 Å². The van der Waals surface area contributed by atoms with Gasteiger partial charge in [-0.2, -0.15) is 5.10 Å². The third-order valence-corrected chi connectivity index (χ3v) is 4.51. The first-order valence-electron chi connectivity index (χ1n) is 8.26. The lowest BCUT2D eigenvalue weighted by atomic mass is 10.2. The van der Waals surface area contributed by atoms with E-state index in [-0.39, 0.29) is 22.8 Å². The van der Waals surface area contributed by atoms with E-state index in [1.54, 1.807) is 35.7 Å². The molecule has 0 aliphatic rings. The van der Waals surface area contributed by atoms with Crippen molar-refractivity contribution in [2.24, 2.45) is 5.10 Å². The first-order chi connectivity index (χ1) is 14.0. The molecule has 1 amide bonds. The second-order valence-corrected chi connectivity index (χ2v) is 6.66. The lowest BCUT2D eigenvalue weighted by molar-refractivity contribution is 0.0734. The minimum Gasteiger partial charge on any atom is -0.508 e. The van der Waals surface area contributed by atoms with Crippen molar-refractivity contribution in [3.05, 3.63) is 69.9 Å². The molecule has 0 radical (unpaired) electrons. The number of carbonyl (C=O) groups is 2. The highest BCUT2D eigenvalue weighted by Crippen LogP contribution is 2.29. The van der Waals surface area contributed by atoms with Gasteiger partial charge in [0.2, 0.25) is 0 Å². The van der Waals surface area contributed by atoms with Gasteiger partial charge < -0.3 is 19.7 Å². The average Bonchev–Trinajstić information content (AvgIpc) is 3.23. The highest BCUT2D eigenvalue weighted by Gasteiger charge is 2.13. The van der Waals surface area contributed by atoms with Crippen LogP contribution in [0.5, 0.6) is 23.0 Å². The Morgan fingerprint density at radius 1 is 1.07 bits per heavy atom. The molecule has 0 saturated carbocycles. The van der Waals surface area contributed by atoms with Crippen molar-refractivity contribution >= 4 is 29.4 Å². The van der Waals surface area contributed by atoms with Crippen molar-refractivity contribution in [1.29, 1.82) is 0 Å². The van der Waals surface area contributed by atoms with Crippen molar-refractivity contribution in [1.82, 2.24) is 5.43 Å². The molecule has 9 heteroatoms. The number of thiophene rings is 1.